The Hall–Kier alpha value is -1.31. The Morgan fingerprint density at radius 2 is 1.83 bits per heavy atom. The van der Waals surface area contributed by atoms with Crippen LogP contribution in [0.3, 0.4) is 0 Å². The third kappa shape index (κ3) is 3.34. The van der Waals surface area contributed by atoms with Gasteiger partial charge in [-0.25, -0.2) is 0 Å². The highest BCUT2D eigenvalue weighted by Crippen LogP contribution is 2.47. The van der Waals surface area contributed by atoms with Crippen molar-refractivity contribution < 1.29 is 4.79 Å². The van der Waals surface area contributed by atoms with E-state index < -0.39 is 0 Å². The lowest BCUT2D eigenvalue weighted by molar-refractivity contribution is -0.122. The fourth-order valence-electron chi connectivity index (χ4n) is 2.32. The molecule has 1 aliphatic carbocycles. The molecule has 1 saturated carbocycles. The molecule has 1 N–H and O–H groups in total. The molecule has 1 aliphatic rings. The second-order valence-electron chi connectivity index (χ2n) is 6.66. The third-order valence-corrected chi connectivity index (χ3v) is 3.55. The van der Waals surface area contributed by atoms with Crippen LogP contribution in [0.2, 0.25) is 0 Å². The first-order valence-corrected chi connectivity index (χ1v) is 6.74. The molecule has 98 valence electrons. The fraction of sp³-hybridized carbons (Fsp3) is 0.562. The minimum Gasteiger partial charge on any atom is -0.355 e. The molecule has 2 rings (SSSR count). The predicted octanol–water partition coefficient (Wildman–Crippen LogP) is 3.27. The van der Waals surface area contributed by atoms with Crippen molar-refractivity contribution in [1.82, 2.24) is 5.32 Å². The molecule has 1 fully saturated rings. The van der Waals surface area contributed by atoms with Crippen molar-refractivity contribution >= 4 is 5.91 Å². The molecule has 0 spiro atoms. The van der Waals surface area contributed by atoms with Crippen molar-refractivity contribution in [2.24, 2.45) is 5.41 Å². The highest BCUT2D eigenvalue weighted by atomic mass is 16.1. The van der Waals surface area contributed by atoms with Crippen LogP contribution >= 0.6 is 0 Å². The average molecular weight is 245 g/mol. The summed E-state index contributed by atoms with van der Waals surface area (Å²) in [5, 5.41) is 3.10. The molecule has 1 aromatic carbocycles. The summed E-state index contributed by atoms with van der Waals surface area (Å²) in [7, 11) is 0. The quantitative estimate of drug-likeness (QED) is 0.866. The van der Waals surface area contributed by atoms with Crippen LogP contribution in [0, 0.1) is 5.41 Å². The molecule has 0 saturated heterocycles. The molecular formula is C16H23NO. The zero-order valence-electron chi connectivity index (χ0n) is 11.6. The van der Waals surface area contributed by atoms with Gasteiger partial charge < -0.3 is 5.32 Å². The van der Waals surface area contributed by atoms with Crippen LogP contribution in [-0.4, -0.2) is 12.5 Å². The minimum absolute atomic E-state index is 0.0630. The number of hydrogen-bond donors (Lipinski definition) is 1. The van der Waals surface area contributed by atoms with Crippen molar-refractivity contribution in [3.8, 4) is 0 Å². The Bertz CT molecular complexity index is 412. The molecule has 0 aromatic heterocycles. The minimum atomic E-state index is 0.0630. The summed E-state index contributed by atoms with van der Waals surface area (Å²) in [6, 6.07) is 10.5. The molecule has 18 heavy (non-hydrogen) atoms. The maximum Gasteiger partial charge on any atom is 0.220 e. The van der Waals surface area contributed by atoms with Gasteiger partial charge in [0, 0.05) is 18.4 Å². The molecule has 0 atom stereocenters. The first-order chi connectivity index (χ1) is 8.41. The highest BCUT2D eigenvalue weighted by Gasteiger charge is 2.44. The van der Waals surface area contributed by atoms with E-state index in [1.807, 2.05) is 6.07 Å². The zero-order valence-corrected chi connectivity index (χ0v) is 11.6. The fourth-order valence-corrected chi connectivity index (χ4v) is 2.32. The van der Waals surface area contributed by atoms with E-state index in [4.69, 9.17) is 0 Å². The lowest BCUT2D eigenvalue weighted by atomic mass is 9.91. The Morgan fingerprint density at radius 3 is 2.33 bits per heavy atom. The summed E-state index contributed by atoms with van der Waals surface area (Å²) in [4.78, 5) is 11.9. The molecule has 0 unspecified atom stereocenters. The van der Waals surface area contributed by atoms with Crippen molar-refractivity contribution in [2.45, 2.75) is 45.4 Å². The molecule has 1 amide bonds. The van der Waals surface area contributed by atoms with E-state index >= 15 is 0 Å². The smallest absolute Gasteiger partial charge is 0.220 e. The summed E-state index contributed by atoms with van der Waals surface area (Å²) >= 11 is 0. The Morgan fingerprint density at radius 1 is 1.22 bits per heavy atom. The van der Waals surface area contributed by atoms with E-state index in [0.717, 1.165) is 6.54 Å². The summed E-state index contributed by atoms with van der Waals surface area (Å²) in [5.74, 6) is 0.171. The van der Waals surface area contributed by atoms with Gasteiger partial charge in [-0.15, -0.1) is 0 Å². The van der Waals surface area contributed by atoms with E-state index in [1.165, 1.54) is 18.4 Å². The van der Waals surface area contributed by atoms with Gasteiger partial charge in [-0.3, -0.25) is 4.79 Å². The number of carbonyl (C=O) groups is 1. The second kappa shape index (κ2) is 4.75. The molecule has 1 aromatic rings. The number of carbonyl (C=O) groups excluding carboxylic acids is 1. The number of benzene rings is 1. The van der Waals surface area contributed by atoms with Crippen molar-refractivity contribution in [1.29, 1.82) is 0 Å². The van der Waals surface area contributed by atoms with Gasteiger partial charge in [-0.1, -0.05) is 51.1 Å². The SMILES string of the molecule is CC(C)(C)CC(=O)NCC1(c2ccccc2)CC1. The maximum atomic E-state index is 11.9. The topological polar surface area (TPSA) is 29.1 Å². The normalized spacial score (nSPS) is 17.3. The first kappa shape index (κ1) is 13.1. The summed E-state index contributed by atoms with van der Waals surface area (Å²) in [5.41, 5.74) is 1.64. The number of hydrogen-bond acceptors (Lipinski definition) is 1. The molecular weight excluding hydrogens is 222 g/mol. The Kier molecular flexibility index (Phi) is 3.47. The van der Waals surface area contributed by atoms with Crippen molar-refractivity contribution in [3.63, 3.8) is 0 Å². The van der Waals surface area contributed by atoms with Gasteiger partial charge >= 0.3 is 0 Å². The average Bonchev–Trinajstić information content (AvgIpc) is 3.06. The lowest BCUT2D eigenvalue weighted by Gasteiger charge is -2.20. The second-order valence-corrected chi connectivity index (χ2v) is 6.66. The van der Waals surface area contributed by atoms with Crippen LogP contribution in [0.1, 0.15) is 45.6 Å². The van der Waals surface area contributed by atoms with Crippen LogP contribution in [0.5, 0.6) is 0 Å². The predicted molar refractivity (Wildman–Crippen MR) is 74.4 cm³/mol. The first-order valence-electron chi connectivity index (χ1n) is 6.74. The van der Waals surface area contributed by atoms with Gasteiger partial charge in [0.05, 0.1) is 0 Å². The van der Waals surface area contributed by atoms with Gasteiger partial charge in [0.25, 0.3) is 0 Å². The molecule has 2 nitrogen and oxygen atoms in total. The Labute approximate surface area is 110 Å². The summed E-state index contributed by atoms with van der Waals surface area (Å²) < 4.78 is 0. The van der Waals surface area contributed by atoms with Gasteiger partial charge in [0.15, 0.2) is 0 Å². The molecule has 2 heteroatoms. The summed E-state index contributed by atoms with van der Waals surface area (Å²) in [6.07, 6.45) is 2.97. The lowest BCUT2D eigenvalue weighted by Crippen LogP contribution is -2.34. The zero-order chi connectivity index (χ0) is 13.2. The van der Waals surface area contributed by atoms with Crippen LogP contribution in [-0.2, 0) is 10.2 Å². The van der Waals surface area contributed by atoms with Crippen LogP contribution in [0.25, 0.3) is 0 Å². The maximum absolute atomic E-state index is 11.9. The van der Waals surface area contributed by atoms with E-state index in [9.17, 15) is 4.79 Å². The number of amides is 1. The molecule has 0 radical (unpaired) electrons. The Balaban J connectivity index is 1.89. The van der Waals surface area contributed by atoms with Gasteiger partial charge in [-0.2, -0.15) is 0 Å². The van der Waals surface area contributed by atoms with Gasteiger partial charge in [-0.05, 0) is 23.8 Å². The van der Waals surface area contributed by atoms with E-state index in [-0.39, 0.29) is 16.7 Å². The van der Waals surface area contributed by atoms with E-state index in [0.29, 0.717) is 6.42 Å². The van der Waals surface area contributed by atoms with E-state index in [1.54, 1.807) is 0 Å². The number of nitrogens with one attached hydrogen (secondary N) is 1. The van der Waals surface area contributed by atoms with Crippen molar-refractivity contribution in [2.75, 3.05) is 6.54 Å². The van der Waals surface area contributed by atoms with Crippen molar-refractivity contribution in [3.05, 3.63) is 35.9 Å². The van der Waals surface area contributed by atoms with Crippen LogP contribution in [0.4, 0.5) is 0 Å². The summed E-state index contributed by atoms with van der Waals surface area (Å²) in [6.45, 7) is 7.07. The largest absolute Gasteiger partial charge is 0.355 e. The molecule has 0 bridgehead atoms. The van der Waals surface area contributed by atoms with Gasteiger partial charge in [0.1, 0.15) is 0 Å². The van der Waals surface area contributed by atoms with Gasteiger partial charge in [0.2, 0.25) is 5.91 Å². The van der Waals surface area contributed by atoms with Crippen LogP contribution in [0.15, 0.2) is 30.3 Å². The van der Waals surface area contributed by atoms with E-state index in [2.05, 4.69) is 50.4 Å². The molecule has 0 aliphatic heterocycles. The molecule has 0 heterocycles. The number of rotatable bonds is 4. The van der Waals surface area contributed by atoms with Crippen LogP contribution < -0.4 is 5.32 Å². The monoisotopic (exact) mass is 245 g/mol. The standard InChI is InChI=1S/C16H23NO/c1-15(2,3)11-14(18)17-12-16(9-10-16)13-7-5-4-6-8-13/h4-8H,9-12H2,1-3H3,(H,17,18). The third-order valence-electron chi connectivity index (χ3n) is 3.55. The highest BCUT2D eigenvalue weighted by molar-refractivity contribution is 5.76.